The van der Waals surface area contributed by atoms with E-state index in [1.54, 1.807) is 83.6 Å². The molecule has 8 aromatic rings. The van der Waals surface area contributed by atoms with Crippen LogP contribution in [0.5, 0.6) is 11.5 Å². The highest BCUT2D eigenvalue weighted by Crippen LogP contribution is 2.38. The Kier molecular flexibility index (Phi) is 19.6. The van der Waals surface area contributed by atoms with E-state index in [1.807, 2.05) is 48.2 Å². The Balaban J connectivity index is 0.793. The number of imidazole rings is 1. The molecule has 29 nitrogen and oxygen atoms in total. The molecule has 0 unspecified atom stereocenters. The fraction of sp³-hybridized carbons (Fsp3) is 0.354. The molecule has 0 saturated carbocycles. The van der Waals surface area contributed by atoms with Crippen molar-refractivity contribution in [2.24, 2.45) is 23.3 Å². The fourth-order valence-electron chi connectivity index (χ4n) is 11.2. The van der Waals surface area contributed by atoms with Gasteiger partial charge in [0.15, 0.2) is 5.82 Å². The van der Waals surface area contributed by atoms with E-state index in [4.69, 9.17) is 40.6 Å². The number of aryl methyl sites for hydroxylation is 4. The molecule has 10 rings (SSSR count). The highest BCUT2D eigenvalue weighted by Gasteiger charge is 2.33. The van der Waals surface area contributed by atoms with E-state index in [2.05, 4.69) is 31.5 Å². The number of nitrogens with zero attached hydrogens (tertiary/aromatic N) is 11. The maximum atomic E-state index is 13.9. The number of primary amides is 2. The van der Waals surface area contributed by atoms with E-state index < -0.39 is 65.4 Å². The Hall–Kier alpha value is -11.3. The molecule has 1 fully saturated rings. The lowest BCUT2D eigenvalue weighted by atomic mass is 9.97. The number of amides is 9. The summed E-state index contributed by atoms with van der Waals surface area (Å²) in [7, 11) is 1.46. The van der Waals surface area contributed by atoms with Crippen LogP contribution in [0.4, 0.5) is 16.4 Å². The van der Waals surface area contributed by atoms with Crippen LogP contribution in [0.3, 0.4) is 0 Å². The molecule has 8 N–H and O–H groups in total. The van der Waals surface area contributed by atoms with Crippen LogP contribution >= 0.6 is 0 Å². The third-order valence-electron chi connectivity index (χ3n) is 16.2. The number of rotatable bonds is 27. The molecule has 0 aliphatic carbocycles. The van der Waals surface area contributed by atoms with Gasteiger partial charge in [0.05, 0.1) is 36.1 Å². The van der Waals surface area contributed by atoms with E-state index in [0.717, 1.165) is 22.7 Å². The highest BCUT2D eigenvalue weighted by molar-refractivity contribution is 6.13. The molecule has 0 radical (unpaired) electrons. The second kappa shape index (κ2) is 28.1. The van der Waals surface area contributed by atoms with E-state index in [9.17, 15) is 43.2 Å². The van der Waals surface area contributed by atoms with Gasteiger partial charge < -0.3 is 55.7 Å². The van der Waals surface area contributed by atoms with Crippen molar-refractivity contribution in [3.63, 3.8) is 0 Å². The number of benzene rings is 3. The van der Waals surface area contributed by atoms with Crippen molar-refractivity contribution < 1.29 is 57.4 Å². The summed E-state index contributed by atoms with van der Waals surface area (Å²) < 4.78 is 25.2. The van der Waals surface area contributed by atoms with Crippen LogP contribution in [0.15, 0.2) is 91.2 Å². The van der Waals surface area contributed by atoms with Crippen LogP contribution in [0.2, 0.25) is 0 Å². The molecule has 29 heteroatoms. The number of anilines is 2. The van der Waals surface area contributed by atoms with Crippen LogP contribution in [0, 0.1) is 25.7 Å². The summed E-state index contributed by atoms with van der Waals surface area (Å²) in [5, 5.41) is 21.3. The fourth-order valence-corrected chi connectivity index (χ4v) is 11.2. The summed E-state index contributed by atoms with van der Waals surface area (Å²) in [6.45, 7) is 14.7. The largest absolute Gasteiger partial charge is 0.494 e. The third-order valence-corrected chi connectivity index (χ3v) is 16.2. The average molecular weight is 1280 g/mol. The summed E-state index contributed by atoms with van der Waals surface area (Å²) in [6, 6.07) is 14.6. The molecule has 0 spiro atoms. The molecular formula is C65H73N17O12. The van der Waals surface area contributed by atoms with E-state index >= 15 is 0 Å². The molecule has 2 aliphatic heterocycles. The van der Waals surface area contributed by atoms with E-state index in [1.165, 1.54) is 26.2 Å². The molecule has 9 amide bonds. The van der Waals surface area contributed by atoms with Gasteiger partial charge in [0.2, 0.25) is 35.5 Å². The Morgan fingerprint density at radius 1 is 0.745 bits per heavy atom. The Morgan fingerprint density at radius 3 is 2.07 bits per heavy atom. The van der Waals surface area contributed by atoms with Gasteiger partial charge in [-0.3, -0.25) is 57.9 Å². The summed E-state index contributed by atoms with van der Waals surface area (Å²) in [4.78, 5) is 133. The zero-order chi connectivity index (χ0) is 67.2. The maximum Gasteiger partial charge on any atom is 0.410 e. The summed E-state index contributed by atoms with van der Waals surface area (Å²) in [5.41, 5.74) is 17.6. The lowest BCUT2D eigenvalue weighted by molar-refractivity contribution is -0.137. The van der Waals surface area contributed by atoms with E-state index in [-0.39, 0.29) is 68.2 Å². The van der Waals surface area contributed by atoms with Gasteiger partial charge in [-0.15, -0.1) is 0 Å². The number of imide groups is 1. The van der Waals surface area contributed by atoms with Gasteiger partial charge >= 0.3 is 6.09 Å². The van der Waals surface area contributed by atoms with Gasteiger partial charge in [-0.05, 0) is 107 Å². The van der Waals surface area contributed by atoms with Gasteiger partial charge in [-0.25, -0.2) is 19.7 Å². The van der Waals surface area contributed by atoms with Crippen molar-refractivity contribution in [3.05, 3.63) is 125 Å². The lowest BCUT2D eigenvalue weighted by Gasteiger charge is -2.38. The maximum absolute atomic E-state index is 13.9. The van der Waals surface area contributed by atoms with Gasteiger partial charge in [0, 0.05) is 98.2 Å². The van der Waals surface area contributed by atoms with E-state index in [0.29, 0.717) is 111 Å². The number of nitrogens with two attached hydrogens (primary N) is 2. The molecule has 7 heterocycles. The predicted molar refractivity (Wildman–Crippen MR) is 345 cm³/mol. The molecule has 5 aromatic heterocycles. The van der Waals surface area contributed by atoms with Gasteiger partial charge in [-0.2, -0.15) is 10.2 Å². The van der Waals surface area contributed by atoms with Gasteiger partial charge in [0.25, 0.3) is 17.7 Å². The zero-order valence-corrected chi connectivity index (χ0v) is 53.2. The first kappa shape index (κ1) is 65.7. The second-order valence-corrected chi connectivity index (χ2v) is 23.2. The molecule has 2 atom stereocenters. The number of ether oxygens (including phenoxy) is 3. The lowest BCUT2D eigenvalue weighted by Crippen LogP contribution is -2.54. The first-order valence-electron chi connectivity index (χ1n) is 30.7. The van der Waals surface area contributed by atoms with Crippen LogP contribution in [0.1, 0.15) is 95.6 Å². The van der Waals surface area contributed by atoms with Gasteiger partial charge in [0.1, 0.15) is 52.7 Å². The van der Waals surface area contributed by atoms with Crippen molar-refractivity contribution in [1.82, 2.24) is 64.1 Å². The van der Waals surface area contributed by atoms with Crippen LogP contribution in [-0.4, -0.2) is 152 Å². The van der Waals surface area contributed by atoms with Crippen molar-refractivity contribution in [1.29, 1.82) is 0 Å². The highest BCUT2D eigenvalue weighted by atomic mass is 16.6. The van der Waals surface area contributed by atoms with Crippen molar-refractivity contribution in [2.75, 3.05) is 44.0 Å². The second-order valence-electron chi connectivity index (χ2n) is 23.2. The predicted octanol–water partition coefficient (Wildman–Crippen LogP) is 5.30. The number of aromatic nitrogens is 9. The number of carbonyl (C=O) groups is 9. The topological polar surface area (TPSA) is 372 Å². The number of likely N-dealkylation sites (tertiary alicyclic amines) is 1. The summed E-state index contributed by atoms with van der Waals surface area (Å²) >= 11 is 0. The number of nitrogens with one attached hydrogen (secondary N) is 4. The molecular weight excluding hydrogens is 1210 g/mol. The Bertz CT molecular complexity index is 4360. The van der Waals surface area contributed by atoms with Crippen LogP contribution in [-0.2, 0) is 61.5 Å². The number of allylic oxidation sites excluding steroid dienone is 2. The smallest absolute Gasteiger partial charge is 0.410 e. The minimum Gasteiger partial charge on any atom is -0.494 e. The molecule has 0 bridgehead atoms. The zero-order valence-electron chi connectivity index (χ0n) is 53.2. The monoisotopic (exact) mass is 1280 g/mol. The Morgan fingerprint density at radius 2 is 1.40 bits per heavy atom. The minimum absolute atomic E-state index is 0.0446. The van der Waals surface area contributed by atoms with Crippen LogP contribution in [0.25, 0.3) is 44.5 Å². The summed E-state index contributed by atoms with van der Waals surface area (Å²) in [5.74, 6) is -3.54. The first-order chi connectivity index (χ1) is 45.0. The molecule has 2 aliphatic rings. The van der Waals surface area contributed by atoms with Gasteiger partial charge in [-0.1, -0.05) is 38.1 Å². The molecule has 1 saturated heterocycles. The average Bonchev–Trinajstić information content (AvgIpc) is 1.59. The number of hydrogen-bond donors (Lipinski definition) is 6. The summed E-state index contributed by atoms with van der Waals surface area (Å²) in [6.07, 6.45) is 7.58. The number of hydrogen-bond acceptors (Lipinski definition) is 17. The standard InChI is InChI=1S/C65H73N17O12/c1-9-81-47(25-36(5)75-81)59-68-31-45-44-27-41(57(66)86)30-50(55(44)79(60(45)73-59)21-11-12-22-80-56-46(28-42(58(67)87)29-49(56)92-8)71-64(80)74-62(89)48-26-37(6)76-82(48)10-2)93-24-20-40-32-77(33-40)65(91)94-34-39-13-15-43(16-14-39)70-61(88)38(7)69-63(90)54(35(3)4)72-51(83)19-23-78-52(84)17-18-53(78)85/h11-18,25-31,35,38,40,54H,9-10,19-24,32-34H2,1-8H3,(H2,66,86)(H2,67,87)(H,69,90)(H,70,88)(H,72,83)(H,71,74,89)/b12-11+/t38-,54-/m0/s1. The SMILES string of the molecule is CCn1nc(C)cc1C(=O)Nc1nc2cc(C(N)=O)cc(OC)c2n1C/C=C/Cn1c2nc(-c3cc(C)nn3CC)ncc2c2cc(C(N)=O)cc(OCCC3CN(C(=O)OCc4ccc(NC(=O)[C@H](C)NC(=O)[C@@H](NC(=O)CCN5C(=O)C=CC5=O)C(C)C)cc4)C3)c21. The van der Waals surface area contributed by atoms with Crippen molar-refractivity contribution >= 4 is 98.0 Å². The normalized spacial score (nSPS) is 13.9. The molecule has 3 aromatic carbocycles. The molecule has 94 heavy (non-hydrogen) atoms. The minimum atomic E-state index is -0.997. The third kappa shape index (κ3) is 14.3. The molecule has 490 valence electrons. The van der Waals surface area contributed by atoms with Crippen LogP contribution < -0.4 is 42.2 Å². The Labute approximate surface area is 538 Å². The quantitative estimate of drug-likeness (QED) is 0.0281. The number of methoxy groups -OCH3 is 1. The van der Waals surface area contributed by atoms with Crippen molar-refractivity contribution in [3.8, 4) is 23.0 Å². The number of fused-ring (bicyclic) bond motifs is 4. The first-order valence-corrected chi connectivity index (χ1v) is 30.7. The number of carbonyl (C=O) groups excluding carboxylic acids is 9. The van der Waals surface area contributed by atoms with Crippen molar-refractivity contribution in [2.45, 2.75) is 106 Å².